The van der Waals surface area contributed by atoms with Gasteiger partial charge in [0, 0.05) is 18.5 Å². The van der Waals surface area contributed by atoms with Gasteiger partial charge in [-0.2, -0.15) is 0 Å². The molecule has 2 aromatic rings. The Hall–Kier alpha value is -2.00. The van der Waals surface area contributed by atoms with E-state index in [-0.39, 0.29) is 25.6 Å². The molecule has 0 bridgehead atoms. The van der Waals surface area contributed by atoms with Crippen LogP contribution >= 0.6 is 23.7 Å². The molecule has 0 aliphatic carbocycles. The summed E-state index contributed by atoms with van der Waals surface area (Å²) >= 11 is 1.55. The first-order valence-corrected chi connectivity index (χ1v) is 8.69. The van der Waals surface area contributed by atoms with Crippen LogP contribution in [-0.4, -0.2) is 55.2 Å². The predicted octanol–water partition coefficient (Wildman–Crippen LogP) is 2.04. The number of benzene rings is 1. The molecule has 7 nitrogen and oxygen atoms in total. The first kappa shape index (κ1) is 22.0. The minimum absolute atomic E-state index is 0. The average Bonchev–Trinajstić information content (AvgIpc) is 3.12. The van der Waals surface area contributed by atoms with E-state index in [2.05, 4.69) is 5.32 Å². The molecular weight excluding hydrogens is 382 g/mol. The van der Waals surface area contributed by atoms with Gasteiger partial charge in [0.15, 0.2) is 6.61 Å². The first-order valence-electron chi connectivity index (χ1n) is 7.74. The van der Waals surface area contributed by atoms with Gasteiger partial charge in [0.1, 0.15) is 36.6 Å². The molecule has 9 heteroatoms. The summed E-state index contributed by atoms with van der Waals surface area (Å²) in [4.78, 5) is 10.4. The summed E-state index contributed by atoms with van der Waals surface area (Å²) in [5.74, 6) is 0.880. The topological polar surface area (TPSA) is 97.3 Å². The monoisotopic (exact) mass is 403 g/mol. The van der Waals surface area contributed by atoms with Gasteiger partial charge in [-0.3, -0.25) is 0 Å². The number of halogens is 1. The van der Waals surface area contributed by atoms with Crippen LogP contribution in [0.3, 0.4) is 0 Å². The summed E-state index contributed by atoms with van der Waals surface area (Å²) in [5.41, 5.74) is 0. The van der Waals surface area contributed by atoms with E-state index in [4.69, 9.17) is 19.3 Å². The van der Waals surface area contributed by atoms with Gasteiger partial charge < -0.3 is 29.7 Å². The molecule has 0 aliphatic heterocycles. The highest BCUT2D eigenvalue weighted by molar-refractivity contribution is 7.08. The summed E-state index contributed by atoms with van der Waals surface area (Å²) < 4.78 is 16.0. The second kappa shape index (κ2) is 12.4. The van der Waals surface area contributed by atoms with Crippen molar-refractivity contribution >= 4 is 29.7 Å². The second-order valence-electron chi connectivity index (χ2n) is 5.13. The Balaban J connectivity index is 0.00000338. The predicted molar refractivity (Wildman–Crippen MR) is 101 cm³/mol. The fourth-order valence-electron chi connectivity index (χ4n) is 1.87. The Kier molecular flexibility index (Phi) is 10.5. The number of thiophene rings is 1. The van der Waals surface area contributed by atoms with Crippen LogP contribution in [0.15, 0.2) is 41.1 Å². The fraction of sp³-hybridized carbons (Fsp3) is 0.353. The summed E-state index contributed by atoms with van der Waals surface area (Å²) in [6.07, 6.45) is -0.592. The summed E-state index contributed by atoms with van der Waals surface area (Å²) in [7, 11) is 0. The van der Waals surface area contributed by atoms with Crippen LogP contribution in [0.2, 0.25) is 0 Å². The number of rotatable bonds is 12. The molecule has 0 radical (unpaired) electrons. The van der Waals surface area contributed by atoms with Crippen LogP contribution in [0.4, 0.5) is 0 Å². The summed E-state index contributed by atoms with van der Waals surface area (Å²) in [6, 6.07) is 8.58. The summed E-state index contributed by atoms with van der Waals surface area (Å²) in [6.45, 7) is 1.29. The third-order valence-electron chi connectivity index (χ3n) is 3.05. The molecule has 1 aromatic heterocycles. The van der Waals surface area contributed by atoms with E-state index in [0.717, 1.165) is 5.75 Å². The molecule has 1 atom stereocenters. The molecule has 1 heterocycles. The molecule has 0 fully saturated rings. The van der Waals surface area contributed by atoms with E-state index < -0.39 is 12.1 Å². The van der Waals surface area contributed by atoms with Crippen LogP contribution < -0.4 is 19.5 Å². The molecule has 0 aliphatic rings. The van der Waals surface area contributed by atoms with Crippen LogP contribution in [0.1, 0.15) is 0 Å². The molecule has 0 saturated carbocycles. The number of aliphatic hydroxyl groups is 1. The average molecular weight is 404 g/mol. The minimum atomic E-state index is -1.02. The molecule has 3 N–H and O–H groups in total. The van der Waals surface area contributed by atoms with Gasteiger partial charge in [0.2, 0.25) is 0 Å². The van der Waals surface area contributed by atoms with E-state index in [1.54, 1.807) is 35.6 Å². The Morgan fingerprint density at radius 3 is 2.38 bits per heavy atom. The highest BCUT2D eigenvalue weighted by atomic mass is 35.5. The molecule has 0 amide bonds. The normalized spacial score (nSPS) is 11.3. The van der Waals surface area contributed by atoms with Gasteiger partial charge in [-0.15, -0.1) is 23.7 Å². The smallest absolute Gasteiger partial charge is 0.341 e. The quantitative estimate of drug-likeness (QED) is 0.466. The van der Waals surface area contributed by atoms with Crippen molar-refractivity contribution in [1.29, 1.82) is 0 Å². The van der Waals surface area contributed by atoms with Crippen molar-refractivity contribution in [3.8, 4) is 17.2 Å². The van der Waals surface area contributed by atoms with E-state index in [1.165, 1.54) is 0 Å². The minimum Gasteiger partial charge on any atom is -0.492 e. The lowest BCUT2D eigenvalue weighted by molar-refractivity contribution is -0.139. The van der Waals surface area contributed by atoms with Crippen molar-refractivity contribution in [2.45, 2.75) is 6.10 Å². The number of carboxylic acid groups (broad SMARTS) is 1. The molecule has 1 aromatic carbocycles. The lowest BCUT2D eigenvalue weighted by Gasteiger charge is -2.13. The Labute approximate surface area is 161 Å². The number of aliphatic carboxylic acids is 1. The standard InChI is InChI=1S/C17H21NO6S.ClH/c19-13(10-23-16-5-8-25-12-16)9-18-6-7-22-14-1-3-15(4-2-14)24-11-17(20)21;/h1-5,8,12-13,18-19H,6-7,9-11H2,(H,20,21);1H/t13-;/m0./s1. The first-order chi connectivity index (χ1) is 12.1. The van der Waals surface area contributed by atoms with Gasteiger partial charge in [-0.05, 0) is 35.7 Å². The SMILES string of the molecule is Cl.O=C(O)COc1ccc(OCCNC[C@H](O)COc2ccsc2)cc1. The molecule has 0 saturated heterocycles. The largest absolute Gasteiger partial charge is 0.492 e. The lowest BCUT2D eigenvalue weighted by Crippen LogP contribution is -2.33. The third-order valence-corrected chi connectivity index (χ3v) is 3.71. The van der Waals surface area contributed by atoms with E-state index >= 15 is 0 Å². The van der Waals surface area contributed by atoms with Crippen molar-refractivity contribution in [3.63, 3.8) is 0 Å². The number of ether oxygens (including phenoxy) is 3. The summed E-state index contributed by atoms with van der Waals surface area (Å²) in [5, 5.41) is 25.2. The molecule has 26 heavy (non-hydrogen) atoms. The van der Waals surface area contributed by atoms with Gasteiger partial charge >= 0.3 is 5.97 Å². The number of hydrogen-bond acceptors (Lipinski definition) is 7. The van der Waals surface area contributed by atoms with E-state index in [1.807, 2.05) is 16.8 Å². The van der Waals surface area contributed by atoms with Crippen molar-refractivity contribution in [2.75, 3.05) is 32.9 Å². The zero-order valence-corrected chi connectivity index (χ0v) is 15.6. The Bertz CT molecular complexity index is 623. The maximum Gasteiger partial charge on any atom is 0.341 e. The van der Waals surface area contributed by atoms with Gasteiger partial charge in [0.25, 0.3) is 0 Å². The highest BCUT2D eigenvalue weighted by Gasteiger charge is 2.05. The van der Waals surface area contributed by atoms with E-state index in [0.29, 0.717) is 31.2 Å². The van der Waals surface area contributed by atoms with Crippen molar-refractivity contribution in [2.24, 2.45) is 0 Å². The maximum atomic E-state index is 10.4. The Morgan fingerprint density at radius 1 is 1.08 bits per heavy atom. The maximum absolute atomic E-state index is 10.4. The van der Waals surface area contributed by atoms with Gasteiger partial charge in [-0.1, -0.05) is 0 Å². The zero-order valence-electron chi connectivity index (χ0n) is 14.0. The number of hydrogen-bond donors (Lipinski definition) is 3. The number of aliphatic hydroxyl groups excluding tert-OH is 1. The second-order valence-corrected chi connectivity index (χ2v) is 5.91. The highest BCUT2D eigenvalue weighted by Crippen LogP contribution is 2.17. The Morgan fingerprint density at radius 2 is 1.77 bits per heavy atom. The molecular formula is C17H22ClNO6S. The molecule has 2 rings (SSSR count). The third kappa shape index (κ3) is 8.91. The fourth-order valence-corrected chi connectivity index (χ4v) is 2.44. The van der Waals surface area contributed by atoms with Crippen molar-refractivity contribution in [3.05, 3.63) is 41.1 Å². The van der Waals surface area contributed by atoms with Crippen LogP contribution in [0.5, 0.6) is 17.2 Å². The molecule has 0 unspecified atom stereocenters. The van der Waals surface area contributed by atoms with Crippen LogP contribution in [0, 0.1) is 0 Å². The number of carbonyl (C=O) groups is 1. The van der Waals surface area contributed by atoms with Crippen LogP contribution in [-0.2, 0) is 4.79 Å². The van der Waals surface area contributed by atoms with Crippen LogP contribution in [0.25, 0.3) is 0 Å². The number of nitrogens with one attached hydrogen (secondary N) is 1. The molecule has 0 spiro atoms. The van der Waals surface area contributed by atoms with Gasteiger partial charge in [-0.25, -0.2) is 4.79 Å². The van der Waals surface area contributed by atoms with Crippen molar-refractivity contribution in [1.82, 2.24) is 5.32 Å². The van der Waals surface area contributed by atoms with Gasteiger partial charge in [0.05, 0.1) is 0 Å². The molecule has 144 valence electrons. The lowest BCUT2D eigenvalue weighted by atomic mass is 10.3. The van der Waals surface area contributed by atoms with E-state index in [9.17, 15) is 9.90 Å². The zero-order chi connectivity index (χ0) is 17.9. The number of carboxylic acids is 1. The van der Waals surface area contributed by atoms with Crippen molar-refractivity contribution < 1.29 is 29.2 Å².